The molecule has 0 unspecified atom stereocenters. The minimum atomic E-state index is 0.887. The molecule has 1 N–H and O–H groups in total. The van der Waals surface area contributed by atoms with E-state index in [9.17, 15) is 0 Å². The Morgan fingerprint density at radius 3 is 2.84 bits per heavy atom. The van der Waals surface area contributed by atoms with Gasteiger partial charge in [-0.05, 0) is 36.8 Å². The molecule has 0 fully saturated rings. The Kier molecular flexibility index (Phi) is 5.73. The van der Waals surface area contributed by atoms with Crippen LogP contribution in [-0.2, 0) is 5.75 Å². The molecule has 0 spiro atoms. The Balaban J connectivity index is 1.95. The Bertz CT molecular complexity index is 531. The first-order valence-corrected chi connectivity index (χ1v) is 8.14. The Morgan fingerprint density at radius 2 is 2.05 bits per heavy atom. The normalized spacial score (nSPS) is 10.4. The highest BCUT2D eigenvalue weighted by molar-refractivity contribution is 9.10. The van der Waals surface area contributed by atoms with Gasteiger partial charge in [-0.15, -0.1) is 11.8 Å². The molecule has 100 valence electrons. The van der Waals surface area contributed by atoms with Crippen molar-refractivity contribution in [2.24, 2.45) is 0 Å². The number of benzene rings is 1. The summed E-state index contributed by atoms with van der Waals surface area (Å²) in [6.07, 6.45) is 1.11. The van der Waals surface area contributed by atoms with Gasteiger partial charge in [0.25, 0.3) is 0 Å². The molecule has 0 aliphatic heterocycles. The molecule has 0 atom stereocenters. The molecular formula is C15H17BrN2S. The number of rotatable bonds is 6. The zero-order chi connectivity index (χ0) is 13.5. The predicted octanol–water partition coefficient (Wildman–Crippen LogP) is 4.96. The molecular weight excluding hydrogens is 320 g/mol. The van der Waals surface area contributed by atoms with Crippen molar-refractivity contribution in [1.29, 1.82) is 0 Å². The van der Waals surface area contributed by atoms with Crippen LogP contribution in [0.1, 0.15) is 19.0 Å². The third-order valence-electron chi connectivity index (χ3n) is 2.55. The monoisotopic (exact) mass is 336 g/mol. The quantitative estimate of drug-likeness (QED) is 0.754. The van der Waals surface area contributed by atoms with Gasteiger partial charge in [0.2, 0.25) is 0 Å². The second kappa shape index (κ2) is 7.56. The summed E-state index contributed by atoms with van der Waals surface area (Å²) in [7, 11) is 0. The number of hydrogen-bond donors (Lipinski definition) is 1. The molecule has 2 aromatic rings. The SMILES string of the molecule is CCCNc1cccc(CSc2cccc(Br)c2)n1. The Morgan fingerprint density at radius 1 is 1.21 bits per heavy atom. The highest BCUT2D eigenvalue weighted by atomic mass is 79.9. The molecule has 2 rings (SSSR count). The van der Waals surface area contributed by atoms with Gasteiger partial charge in [0.05, 0.1) is 5.69 Å². The van der Waals surface area contributed by atoms with Crippen molar-refractivity contribution >= 4 is 33.5 Å². The van der Waals surface area contributed by atoms with Crippen molar-refractivity contribution in [2.45, 2.75) is 24.0 Å². The van der Waals surface area contributed by atoms with Crippen LogP contribution in [-0.4, -0.2) is 11.5 Å². The number of thioether (sulfide) groups is 1. The van der Waals surface area contributed by atoms with Crippen LogP contribution >= 0.6 is 27.7 Å². The van der Waals surface area contributed by atoms with Crippen LogP contribution < -0.4 is 5.32 Å². The van der Waals surface area contributed by atoms with Crippen LogP contribution in [0.25, 0.3) is 0 Å². The maximum Gasteiger partial charge on any atom is 0.126 e. The Labute approximate surface area is 127 Å². The van der Waals surface area contributed by atoms with Gasteiger partial charge in [-0.1, -0.05) is 35.0 Å². The van der Waals surface area contributed by atoms with Gasteiger partial charge in [-0.2, -0.15) is 0 Å². The van der Waals surface area contributed by atoms with Gasteiger partial charge in [0.1, 0.15) is 5.82 Å². The van der Waals surface area contributed by atoms with Gasteiger partial charge in [0.15, 0.2) is 0 Å². The first kappa shape index (κ1) is 14.4. The van der Waals surface area contributed by atoms with Crippen molar-refractivity contribution in [1.82, 2.24) is 4.98 Å². The fourth-order valence-electron chi connectivity index (χ4n) is 1.63. The number of hydrogen-bond acceptors (Lipinski definition) is 3. The van der Waals surface area contributed by atoms with Gasteiger partial charge in [0, 0.05) is 21.7 Å². The summed E-state index contributed by atoms with van der Waals surface area (Å²) in [4.78, 5) is 5.86. The zero-order valence-electron chi connectivity index (χ0n) is 10.9. The standard InChI is InChI=1S/C15H17BrN2S/c1-2-9-17-15-8-4-6-13(18-15)11-19-14-7-3-5-12(16)10-14/h3-8,10H,2,9,11H2,1H3,(H,17,18). The molecule has 19 heavy (non-hydrogen) atoms. The summed E-state index contributed by atoms with van der Waals surface area (Å²) in [5.41, 5.74) is 1.10. The van der Waals surface area contributed by atoms with E-state index in [1.807, 2.05) is 12.1 Å². The highest BCUT2D eigenvalue weighted by Gasteiger charge is 2.00. The van der Waals surface area contributed by atoms with E-state index in [-0.39, 0.29) is 0 Å². The van der Waals surface area contributed by atoms with E-state index in [2.05, 4.69) is 63.5 Å². The average molecular weight is 337 g/mol. The summed E-state index contributed by atoms with van der Waals surface area (Å²) in [5, 5.41) is 3.31. The number of anilines is 1. The van der Waals surface area contributed by atoms with Crippen molar-refractivity contribution in [3.63, 3.8) is 0 Å². The van der Waals surface area contributed by atoms with E-state index < -0.39 is 0 Å². The molecule has 0 bridgehead atoms. The third kappa shape index (κ3) is 4.88. The van der Waals surface area contributed by atoms with Crippen molar-refractivity contribution in [3.8, 4) is 0 Å². The van der Waals surface area contributed by atoms with E-state index in [0.29, 0.717) is 0 Å². The Hall–Kier alpha value is -1.00. The minimum Gasteiger partial charge on any atom is -0.370 e. The highest BCUT2D eigenvalue weighted by Crippen LogP contribution is 2.25. The maximum absolute atomic E-state index is 4.60. The molecule has 0 aliphatic rings. The molecule has 0 radical (unpaired) electrons. The fraction of sp³-hybridized carbons (Fsp3) is 0.267. The molecule has 0 amide bonds. The van der Waals surface area contributed by atoms with Gasteiger partial charge in [-0.25, -0.2) is 4.98 Å². The van der Waals surface area contributed by atoms with Crippen LogP contribution in [0.15, 0.2) is 51.8 Å². The minimum absolute atomic E-state index is 0.887. The van der Waals surface area contributed by atoms with Crippen LogP contribution in [0.4, 0.5) is 5.82 Å². The summed E-state index contributed by atoms with van der Waals surface area (Å²) in [6, 6.07) is 14.5. The summed E-state index contributed by atoms with van der Waals surface area (Å²) in [5.74, 6) is 1.85. The van der Waals surface area contributed by atoms with Gasteiger partial charge >= 0.3 is 0 Å². The largest absolute Gasteiger partial charge is 0.370 e. The molecule has 1 aromatic carbocycles. The average Bonchev–Trinajstić information content (AvgIpc) is 2.43. The second-order valence-corrected chi connectivity index (χ2v) is 6.15. The summed E-state index contributed by atoms with van der Waals surface area (Å²) in [6.45, 7) is 3.12. The lowest BCUT2D eigenvalue weighted by molar-refractivity contribution is 0.965. The lowest BCUT2D eigenvalue weighted by atomic mass is 10.3. The lowest BCUT2D eigenvalue weighted by Crippen LogP contribution is -2.02. The summed E-state index contributed by atoms with van der Waals surface area (Å²) >= 11 is 5.29. The number of nitrogens with one attached hydrogen (secondary N) is 1. The van der Waals surface area contributed by atoms with E-state index >= 15 is 0 Å². The van der Waals surface area contributed by atoms with Crippen LogP contribution in [0.5, 0.6) is 0 Å². The molecule has 0 saturated carbocycles. The van der Waals surface area contributed by atoms with Crippen molar-refractivity contribution < 1.29 is 0 Å². The molecule has 0 aliphatic carbocycles. The number of aromatic nitrogens is 1. The molecule has 1 aromatic heterocycles. The first-order chi connectivity index (χ1) is 9.28. The number of nitrogens with zero attached hydrogens (tertiary/aromatic N) is 1. The third-order valence-corrected chi connectivity index (χ3v) is 4.07. The smallest absolute Gasteiger partial charge is 0.126 e. The van der Waals surface area contributed by atoms with E-state index in [1.54, 1.807) is 11.8 Å². The number of halogens is 1. The van der Waals surface area contributed by atoms with Crippen LogP contribution in [0.3, 0.4) is 0 Å². The zero-order valence-corrected chi connectivity index (χ0v) is 13.3. The lowest BCUT2D eigenvalue weighted by Gasteiger charge is -2.06. The second-order valence-electron chi connectivity index (χ2n) is 4.19. The summed E-state index contributed by atoms with van der Waals surface area (Å²) < 4.78 is 1.11. The van der Waals surface area contributed by atoms with Crippen molar-refractivity contribution in [2.75, 3.05) is 11.9 Å². The fourth-order valence-corrected chi connectivity index (χ4v) is 3.04. The topological polar surface area (TPSA) is 24.9 Å². The van der Waals surface area contributed by atoms with E-state index in [1.165, 1.54) is 4.90 Å². The first-order valence-electron chi connectivity index (χ1n) is 6.36. The van der Waals surface area contributed by atoms with Crippen molar-refractivity contribution in [3.05, 3.63) is 52.6 Å². The molecule has 1 heterocycles. The van der Waals surface area contributed by atoms with E-state index in [4.69, 9.17) is 0 Å². The molecule has 0 saturated heterocycles. The predicted molar refractivity (Wildman–Crippen MR) is 86.7 cm³/mol. The molecule has 4 heteroatoms. The van der Waals surface area contributed by atoms with Gasteiger partial charge < -0.3 is 5.32 Å². The van der Waals surface area contributed by atoms with Crippen LogP contribution in [0.2, 0.25) is 0 Å². The molecule has 2 nitrogen and oxygen atoms in total. The van der Waals surface area contributed by atoms with Gasteiger partial charge in [-0.3, -0.25) is 0 Å². The number of pyridine rings is 1. The van der Waals surface area contributed by atoms with E-state index in [0.717, 1.165) is 34.7 Å². The maximum atomic E-state index is 4.60. The van der Waals surface area contributed by atoms with Crippen LogP contribution in [0, 0.1) is 0 Å².